The number of hydrogen-bond acceptors (Lipinski definition) is 3. The molecule has 0 radical (unpaired) electrons. The van der Waals surface area contributed by atoms with Crippen LogP contribution in [0.4, 0.5) is 5.69 Å². The Labute approximate surface area is 106 Å². The molecule has 3 N–H and O–H groups in total. The minimum absolute atomic E-state index is 0.0720. The lowest BCUT2D eigenvalue weighted by molar-refractivity contribution is -0.123. The molecular weight excluding hydrogens is 228 g/mol. The van der Waals surface area contributed by atoms with Gasteiger partial charge in [0.05, 0.1) is 6.20 Å². The van der Waals surface area contributed by atoms with Crippen molar-refractivity contribution in [2.24, 2.45) is 0 Å². The van der Waals surface area contributed by atoms with Gasteiger partial charge in [0.1, 0.15) is 6.04 Å². The minimum Gasteiger partial charge on any atom is -0.399 e. The number of rotatable bonds is 3. The highest BCUT2D eigenvalue weighted by Gasteiger charge is 2.14. The Morgan fingerprint density at radius 3 is 2.89 bits per heavy atom. The molecule has 94 valence electrons. The van der Waals surface area contributed by atoms with Gasteiger partial charge in [-0.3, -0.25) is 9.48 Å². The predicted molar refractivity (Wildman–Crippen MR) is 70.9 cm³/mol. The minimum atomic E-state index is -0.329. The number of aromatic nitrogens is 2. The summed E-state index contributed by atoms with van der Waals surface area (Å²) in [5, 5.41) is 6.81. The van der Waals surface area contributed by atoms with Gasteiger partial charge < -0.3 is 11.1 Å². The van der Waals surface area contributed by atoms with Crippen LogP contribution in [-0.2, 0) is 4.79 Å². The maximum absolute atomic E-state index is 11.5. The van der Waals surface area contributed by atoms with E-state index in [1.54, 1.807) is 24.9 Å². The monoisotopic (exact) mass is 244 g/mol. The summed E-state index contributed by atoms with van der Waals surface area (Å²) in [5.41, 5.74) is 8.38. The van der Waals surface area contributed by atoms with E-state index < -0.39 is 0 Å². The summed E-state index contributed by atoms with van der Waals surface area (Å²) in [6, 6.07) is 7.24. The summed E-state index contributed by atoms with van der Waals surface area (Å²) in [7, 11) is 1.61. The number of nitrogens with two attached hydrogens (primary N) is 1. The lowest BCUT2D eigenvalue weighted by Crippen LogP contribution is -2.27. The van der Waals surface area contributed by atoms with Crippen molar-refractivity contribution in [3.8, 4) is 11.1 Å². The van der Waals surface area contributed by atoms with Gasteiger partial charge in [-0.15, -0.1) is 0 Å². The van der Waals surface area contributed by atoms with E-state index in [0.29, 0.717) is 5.69 Å². The highest BCUT2D eigenvalue weighted by atomic mass is 16.2. The number of anilines is 1. The molecule has 1 unspecified atom stereocenters. The van der Waals surface area contributed by atoms with Crippen LogP contribution in [0.2, 0.25) is 0 Å². The molecule has 5 heteroatoms. The fourth-order valence-electron chi connectivity index (χ4n) is 1.75. The summed E-state index contributed by atoms with van der Waals surface area (Å²) in [6.45, 7) is 1.80. The summed E-state index contributed by atoms with van der Waals surface area (Å²) in [4.78, 5) is 11.5. The van der Waals surface area contributed by atoms with Crippen LogP contribution < -0.4 is 11.1 Å². The van der Waals surface area contributed by atoms with E-state index in [-0.39, 0.29) is 11.9 Å². The number of nitrogen functional groups attached to an aromatic ring is 1. The molecule has 1 heterocycles. The summed E-state index contributed by atoms with van der Waals surface area (Å²) in [6.07, 6.45) is 3.57. The average molecular weight is 244 g/mol. The summed E-state index contributed by atoms with van der Waals surface area (Å²) in [5.74, 6) is -0.0720. The van der Waals surface area contributed by atoms with E-state index in [0.717, 1.165) is 11.1 Å². The lowest BCUT2D eigenvalue weighted by atomic mass is 10.1. The highest BCUT2D eigenvalue weighted by molar-refractivity contribution is 5.79. The van der Waals surface area contributed by atoms with Crippen LogP contribution in [0, 0.1) is 0 Å². The molecule has 1 amide bonds. The van der Waals surface area contributed by atoms with Crippen molar-refractivity contribution < 1.29 is 4.79 Å². The number of hydrogen-bond donors (Lipinski definition) is 2. The Hall–Kier alpha value is -2.30. The van der Waals surface area contributed by atoms with E-state index in [9.17, 15) is 4.79 Å². The third kappa shape index (κ3) is 2.34. The third-order valence-electron chi connectivity index (χ3n) is 2.84. The fraction of sp³-hybridized carbons (Fsp3) is 0.231. The zero-order valence-corrected chi connectivity index (χ0v) is 10.4. The molecule has 0 aliphatic heterocycles. The largest absolute Gasteiger partial charge is 0.399 e. The topological polar surface area (TPSA) is 72.9 Å². The van der Waals surface area contributed by atoms with Gasteiger partial charge in [0.25, 0.3) is 0 Å². The van der Waals surface area contributed by atoms with Crippen molar-refractivity contribution in [3.05, 3.63) is 36.7 Å². The first-order valence-corrected chi connectivity index (χ1v) is 5.73. The van der Waals surface area contributed by atoms with Gasteiger partial charge in [-0.2, -0.15) is 5.10 Å². The molecule has 0 aliphatic carbocycles. The van der Waals surface area contributed by atoms with E-state index in [4.69, 9.17) is 5.73 Å². The molecule has 1 aromatic heterocycles. The number of carbonyl (C=O) groups excluding carboxylic acids is 1. The van der Waals surface area contributed by atoms with Gasteiger partial charge in [0.2, 0.25) is 5.91 Å². The molecule has 0 saturated heterocycles. The van der Waals surface area contributed by atoms with E-state index in [2.05, 4.69) is 10.4 Å². The highest BCUT2D eigenvalue weighted by Crippen LogP contribution is 2.21. The smallest absolute Gasteiger partial charge is 0.244 e. The van der Waals surface area contributed by atoms with Crippen molar-refractivity contribution in [1.82, 2.24) is 15.1 Å². The number of carbonyl (C=O) groups is 1. The molecular formula is C13H16N4O. The van der Waals surface area contributed by atoms with Gasteiger partial charge in [0, 0.05) is 24.5 Å². The van der Waals surface area contributed by atoms with Crippen molar-refractivity contribution in [3.63, 3.8) is 0 Å². The van der Waals surface area contributed by atoms with Crippen LogP contribution in [0.3, 0.4) is 0 Å². The summed E-state index contributed by atoms with van der Waals surface area (Å²) >= 11 is 0. The molecule has 2 aromatic rings. The van der Waals surface area contributed by atoms with Crippen molar-refractivity contribution in [2.75, 3.05) is 12.8 Å². The van der Waals surface area contributed by atoms with Crippen LogP contribution in [0.1, 0.15) is 13.0 Å². The Balaban J connectivity index is 2.28. The average Bonchev–Trinajstić information content (AvgIpc) is 2.86. The van der Waals surface area contributed by atoms with E-state index in [1.165, 1.54) is 0 Å². The molecule has 0 aliphatic rings. The summed E-state index contributed by atoms with van der Waals surface area (Å²) < 4.78 is 1.64. The zero-order valence-electron chi connectivity index (χ0n) is 10.4. The van der Waals surface area contributed by atoms with Gasteiger partial charge in [-0.05, 0) is 24.6 Å². The van der Waals surface area contributed by atoms with Gasteiger partial charge in [-0.1, -0.05) is 12.1 Å². The number of nitrogens with one attached hydrogen (secondary N) is 1. The second-order valence-electron chi connectivity index (χ2n) is 4.12. The van der Waals surface area contributed by atoms with E-state index >= 15 is 0 Å². The normalized spacial score (nSPS) is 12.1. The predicted octanol–water partition coefficient (Wildman–Crippen LogP) is 1.44. The van der Waals surface area contributed by atoms with Gasteiger partial charge >= 0.3 is 0 Å². The molecule has 1 atom stereocenters. The number of benzene rings is 1. The van der Waals surface area contributed by atoms with Crippen LogP contribution >= 0.6 is 0 Å². The van der Waals surface area contributed by atoms with Crippen LogP contribution in [-0.4, -0.2) is 22.7 Å². The second-order valence-corrected chi connectivity index (χ2v) is 4.12. The number of nitrogens with zero attached hydrogens (tertiary/aromatic N) is 2. The van der Waals surface area contributed by atoms with Crippen molar-refractivity contribution in [2.45, 2.75) is 13.0 Å². The molecule has 2 rings (SSSR count). The van der Waals surface area contributed by atoms with E-state index in [1.807, 2.05) is 30.5 Å². The molecule has 0 fully saturated rings. The molecule has 18 heavy (non-hydrogen) atoms. The van der Waals surface area contributed by atoms with Gasteiger partial charge in [0.15, 0.2) is 0 Å². The molecule has 1 aromatic carbocycles. The zero-order chi connectivity index (χ0) is 13.1. The fourth-order valence-corrected chi connectivity index (χ4v) is 1.75. The second kappa shape index (κ2) is 4.91. The van der Waals surface area contributed by atoms with Crippen LogP contribution in [0.5, 0.6) is 0 Å². The molecule has 5 nitrogen and oxygen atoms in total. The standard InChI is InChI=1S/C13H16N4O/c1-9(13(18)15-2)17-8-11(7-16-17)10-4-3-5-12(14)6-10/h3-9H,14H2,1-2H3,(H,15,18). The Bertz CT molecular complexity index is 562. The maximum atomic E-state index is 11.5. The van der Waals surface area contributed by atoms with Crippen molar-refractivity contribution >= 4 is 11.6 Å². The Morgan fingerprint density at radius 2 is 2.22 bits per heavy atom. The van der Waals surface area contributed by atoms with Gasteiger partial charge in [-0.25, -0.2) is 0 Å². The first-order chi connectivity index (χ1) is 8.61. The first kappa shape index (κ1) is 12.2. The Kier molecular flexibility index (Phi) is 3.32. The third-order valence-corrected chi connectivity index (χ3v) is 2.84. The molecule has 0 spiro atoms. The first-order valence-electron chi connectivity index (χ1n) is 5.73. The van der Waals surface area contributed by atoms with Crippen LogP contribution in [0.25, 0.3) is 11.1 Å². The van der Waals surface area contributed by atoms with Crippen molar-refractivity contribution in [1.29, 1.82) is 0 Å². The van der Waals surface area contributed by atoms with Crippen LogP contribution in [0.15, 0.2) is 36.7 Å². The molecule has 0 bridgehead atoms. The molecule has 0 saturated carbocycles. The maximum Gasteiger partial charge on any atom is 0.244 e. The number of amides is 1. The lowest BCUT2D eigenvalue weighted by Gasteiger charge is -2.09. The Morgan fingerprint density at radius 1 is 1.44 bits per heavy atom. The number of likely N-dealkylation sites (N-methyl/N-ethyl adjacent to an activating group) is 1. The SMILES string of the molecule is CNC(=O)C(C)n1cc(-c2cccc(N)c2)cn1. The quantitative estimate of drug-likeness (QED) is 0.802.